The van der Waals surface area contributed by atoms with Crippen molar-refractivity contribution in [2.24, 2.45) is 0 Å². The summed E-state index contributed by atoms with van der Waals surface area (Å²) in [7, 11) is 0. The highest BCUT2D eigenvalue weighted by atomic mass is 32.1. The SMILES string of the molecule is Cc1ncsc1CCOC(=O)/C=C/c1ccccc1. The average Bonchev–Trinajstić information content (AvgIpc) is 2.83. The Bertz CT molecular complexity index is 561. The van der Waals surface area contributed by atoms with Gasteiger partial charge in [0, 0.05) is 17.4 Å². The zero-order valence-electron chi connectivity index (χ0n) is 10.7. The molecule has 0 saturated heterocycles. The zero-order valence-corrected chi connectivity index (χ0v) is 11.5. The molecule has 0 saturated carbocycles. The molecule has 0 aliphatic rings. The molecule has 0 spiro atoms. The van der Waals surface area contributed by atoms with Crippen molar-refractivity contribution in [3.8, 4) is 0 Å². The topological polar surface area (TPSA) is 39.2 Å². The lowest BCUT2D eigenvalue weighted by Gasteiger charge is -2.00. The lowest BCUT2D eigenvalue weighted by atomic mass is 10.2. The van der Waals surface area contributed by atoms with Gasteiger partial charge in [0.2, 0.25) is 0 Å². The summed E-state index contributed by atoms with van der Waals surface area (Å²) in [6.45, 7) is 2.35. The van der Waals surface area contributed by atoms with Gasteiger partial charge >= 0.3 is 5.97 Å². The van der Waals surface area contributed by atoms with Crippen molar-refractivity contribution in [3.63, 3.8) is 0 Å². The lowest BCUT2D eigenvalue weighted by Crippen LogP contribution is -2.04. The van der Waals surface area contributed by atoms with Gasteiger partial charge in [0.05, 0.1) is 17.8 Å². The number of carbonyl (C=O) groups is 1. The Hall–Kier alpha value is -1.94. The second kappa shape index (κ2) is 6.85. The van der Waals surface area contributed by atoms with E-state index in [1.54, 1.807) is 17.4 Å². The van der Waals surface area contributed by atoms with Crippen LogP contribution < -0.4 is 0 Å². The van der Waals surface area contributed by atoms with E-state index in [2.05, 4.69) is 4.98 Å². The van der Waals surface area contributed by atoms with Crippen molar-refractivity contribution in [1.29, 1.82) is 0 Å². The number of rotatable bonds is 5. The third-order valence-corrected chi connectivity index (χ3v) is 3.62. The molecule has 19 heavy (non-hydrogen) atoms. The molecule has 0 unspecified atom stereocenters. The van der Waals surface area contributed by atoms with E-state index < -0.39 is 0 Å². The normalized spacial score (nSPS) is 10.8. The number of esters is 1. The zero-order chi connectivity index (χ0) is 13.5. The second-order valence-electron chi connectivity index (χ2n) is 4.02. The van der Waals surface area contributed by atoms with Crippen LogP contribution in [-0.2, 0) is 16.0 Å². The Morgan fingerprint density at radius 1 is 1.37 bits per heavy atom. The van der Waals surface area contributed by atoms with Gasteiger partial charge in [-0.3, -0.25) is 0 Å². The summed E-state index contributed by atoms with van der Waals surface area (Å²) in [5.74, 6) is -0.314. The highest BCUT2D eigenvalue weighted by molar-refractivity contribution is 7.09. The maximum Gasteiger partial charge on any atom is 0.330 e. The molecular weight excluding hydrogens is 258 g/mol. The first kappa shape index (κ1) is 13.5. The van der Waals surface area contributed by atoms with Gasteiger partial charge in [-0.05, 0) is 18.6 Å². The van der Waals surface area contributed by atoms with E-state index >= 15 is 0 Å². The molecule has 0 aliphatic heterocycles. The molecule has 4 heteroatoms. The Kier molecular flexibility index (Phi) is 4.86. The van der Waals surface area contributed by atoms with Crippen molar-refractivity contribution < 1.29 is 9.53 Å². The third-order valence-electron chi connectivity index (χ3n) is 2.63. The number of hydrogen-bond donors (Lipinski definition) is 0. The average molecular weight is 273 g/mol. The largest absolute Gasteiger partial charge is 0.462 e. The Balaban J connectivity index is 1.76. The van der Waals surface area contributed by atoms with Crippen molar-refractivity contribution >= 4 is 23.4 Å². The van der Waals surface area contributed by atoms with Crippen LogP contribution in [0.1, 0.15) is 16.1 Å². The monoisotopic (exact) mass is 273 g/mol. The van der Waals surface area contributed by atoms with Crippen LogP contribution in [0.2, 0.25) is 0 Å². The van der Waals surface area contributed by atoms with E-state index in [1.165, 1.54) is 11.0 Å². The fourth-order valence-electron chi connectivity index (χ4n) is 1.59. The first-order valence-corrected chi connectivity index (χ1v) is 6.92. The number of thiazole rings is 1. The first-order valence-electron chi connectivity index (χ1n) is 6.04. The Morgan fingerprint density at radius 2 is 2.16 bits per heavy atom. The molecule has 0 bridgehead atoms. The lowest BCUT2D eigenvalue weighted by molar-refractivity contribution is -0.137. The van der Waals surface area contributed by atoms with Gasteiger partial charge in [-0.25, -0.2) is 9.78 Å². The van der Waals surface area contributed by atoms with E-state index in [9.17, 15) is 4.79 Å². The molecule has 0 N–H and O–H groups in total. The van der Waals surface area contributed by atoms with Gasteiger partial charge < -0.3 is 4.74 Å². The van der Waals surface area contributed by atoms with Gasteiger partial charge in [0.1, 0.15) is 0 Å². The van der Waals surface area contributed by atoms with Crippen LogP contribution in [0.15, 0.2) is 41.9 Å². The van der Waals surface area contributed by atoms with Crippen molar-refractivity contribution in [2.75, 3.05) is 6.61 Å². The van der Waals surface area contributed by atoms with Gasteiger partial charge in [0.15, 0.2) is 0 Å². The number of ether oxygens (including phenoxy) is 1. The van der Waals surface area contributed by atoms with Crippen LogP contribution in [0.5, 0.6) is 0 Å². The van der Waals surface area contributed by atoms with E-state index in [-0.39, 0.29) is 5.97 Å². The van der Waals surface area contributed by atoms with Gasteiger partial charge in [0.25, 0.3) is 0 Å². The predicted octanol–water partition coefficient (Wildman–Crippen LogP) is 3.25. The molecule has 0 fully saturated rings. The number of carbonyl (C=O) groups excluding carboxylic acids is 1. The molecular formula is C15H15NO2S. The van der Waals surface area contributed by atoms with Crippen molar-refractivity contribution in [2.45, 2.75) is 13.3 Å². The standard InChI is InChI=1S/C15H15NO2S/c1-12-14(19-11-16-12)9-10-18-15(17)8-7-13-5-3-2-4-6-13/h2-8,11H,9-10H2,1H3/b8-7+. The number of benzene rings is 1. The van der Waals surface area contributed by atoms with E-state index in [4.69, 9.17) is 4.74 Å². The van der Waals surface area contributed by atoms with Crippen LogP contribution in [0.4, 0.5) is 0 Å². The molecule has 0 aliphatic carbocycles. The molecule has 98 valence electrons. The maximum absolute atomic E-state index is 11.5. The second-order valence-corrected chi connectivity index (χ2v) is 4.96. The van der Waals surface area contributed by atoms with Gasteiger partial charge in [-0.15, -0.1) is 11.3 Å². The van der Waals surface area contributed by atoms with Crippen molar-refractivity contribution in [3.05, 3.63) is 58.1 Å². The minimum atomic E-state index is -0.314. The smallest absolute Gasteiger partial charge is 0.330 e. The van der Waals surface area contributed by atoms with Crippen LogP contribution in [0.25, 0.3) is 6.08 Å². The highest BCUT2D eigenvalue weighted by Gasteiger charge is 2.02. The summed E-state index contributed by atoms with van der Waals surface area (Å²) >= 11 is 1.59. The molecule has 1 aromatic carbocycles. The molecule has 2 aromatic rings. The van der Waals surface area contributed by atoms with E-state index in [1.807, 2.05) is 42.8 Å². The number of aryl methyl sites for hydroxylation is 1. The molecule has 0 atom stereocenters. The fraction of sp³-hybridized carbons (Fsp3) is 0.200. The van der Waals surface area contributed by atoms with Gasteiger partial charge in [-0.1, -0.05) is 30.3 Å². The summed E-state index contributed by atoms with van der Waals surface area (Å²) in [4.78, 5) is 16.8. The quantitative estimate of drug-likeness (QED) is 0.620. The van der Waals surface area contributed by atoms with Crippen molar-refractivity contribution in [1.82, 2.24) is 4.98 Å². The third kappa shape index (κ3) is 4.34. The minimum absolute atomic E-state index is 0.314. The Morgan fingerprint density at radius 3 is 2.84 bits per heavy atom. The molecule has 1 heterocycles. The Labute approximate surface area is 116 Å². The molecule has 3 nitrogen and oxygen atoms in total. The molecule has 1 aromatic heterocycles. The number of hydrogen-bond acceptors (Lipinski definition) is 4. The minimum Gasteiger partial charge on any atom is -0.462 e. The highest BCUT2D eigenvalue weighted by Crippen LogP contribution is 2.12. The summed E-state index contributed by atoms with van der Waals surface area (Å²) in [5, 5.41) is 0. The first-order chi connectivity index (χ1) is 9.25. The van der Waals surface area contributed by atoms with Crippen LogP contribution in [0.3, 0.4) is 0 Å². The summed E-state index contributed by atoms with van der Waals surface area (Å²) in [6, 6.07) is 9.66. The molecule has 0 amide bonds. The summed E-state index contributed by atoms with van der Waals surface area (Å²) in [6.07, 6.45) is 3.93. The van der Waals surface area contributed by atoms with E-state index in [0.29, 0.717) is 6.61 Å². The maximum atomic E-state index is 11.5. The van der Waals surface area contributed by atoms with E-state index in [0.717, 1.165) is 17.7 Å². The summed E-state index contributed by atoms with van der Waals surface area (Å²) < 4.78 is 5.15. The van der Waals surface area contributed by atoms with Gasteiger partial charge in [-0.2, -0.15) is 0 Å². The number of nitrogens with zero attached hydrogens (tertiary/aromatic N) is 1. The van der Waals surface area contributed by atoms with Crippen LogP contribution in [0, 0.1) is 6.92 Å². The number of aromatic nitrogens is 1. The van der Waals surface area contributed by atoms with Crippen LogP contribution >= 0.6 is 11.3 Å². The summed E-state index contributed by atoms with van der Waals surface area (Å²) in [5.41, 5.74) is 3.81. The fourth-order valence-corrected chi connectivity index (χ4v) is 2.35. The molecule has 0 radical (unpaired) electrons. The molecule has 2 rings (SSSR count). The van der Waals surface area contributed by atoms with Crippen LogP contribution in [-0.4, -0.2) is 17.6 Å². The predicted molar refractivity (Wildman–Crippen MR) is 77.0 cm³/mol.